The summed E-state index contributed by atoms with van der Waals surface area (Å²) in [7, 11) is 0. The van der Waals surface area contributed by atoms with Crippen LogP contribution in [0.25, 0.3) is 0 Å². The Labute approximate surface area is 121 Å². The number of amides is 1. The van der Waals surface area contributed by atoms with E-state index in [1.54, 1.807) is 24.4 Å². The largest absolute Gasteiger partial charge is 0.310 e. The van der Waals surface area contributed by atoms with Gasteiger partial charge in [0.05, 0.1) is 6.42 Å². The van der Waals surface area contributed by atoms with Crippen molar-refractivity contribution in [2.75, 3.05) is 5.32 Å². The Morgan fingerprint density at radius 2 is 2.11 bits per heavy atom. The smallest absolute Gasteiger partial charge is 0.230 e. The third-order valence-electron chi connectivity index (χ3n) is 2.63. The van der Waals surface area contributed by atoms with Gasteiger partial charge in [-0.05, 0) is 36.2 Å². The standard InChI is InChI=1S/C14H12Cl2N2O/c1-9-3-2-6-17-14(9)18-13(19)7-10-4-5-11(15)8-12(10)16/h2-6,8H,7H2,1H3,(H,17,18,19). The summed E-state index contributed by atoms with van der Waals surface area (Å²) in [6.45, 7) is 1.89. The Morgan fingerprint density at radius 1 is 1.32 bits per heavy atom. The van der Waals surface area contributed by atoms with Crippen LogP contribution < -0.4 is 5.32 Å². The third-order valence-corrected chi connectivity index (χ3v) is 3.22. The molecule has 19 heavy (non-hydrogen) atoms. The number of halogens is 2. The predicted octanol–water partition coefficient (Wildman–Crippen LogP) is 3.88. The first-order valence-corrected chi connectivity index (χ1v) is 6.47. The van der Waals surface area contributed by atoms with Gasteiger partial charge in [0.15, 0.2) is 0 Å². The number of nitrogens with zero attached hydrogens (tertiary/aromatic N) is 1. The first-order chi connectivity index (χ1) is 9.06. The molecule has 0 fully saturated rings. The molecule has 0 aliphatic heterocycles. The summed E-state index contributed by atoms with van der Waals surface area (Å²) in [5, 5.41) is 3.80. The lowest BCUT2D eigenvalue weighted by Gasteiger charge is -2.08. The minimum absolute atomic E-state index is 0.161. The van der Waals surface area contributed by atoms with Crippen molar-refractivity contribution in [3.05, 3.63) is 57.7 Å². The van der Waals surface area contributed by atoms with Crippen molar-refractivity contribution in [2.24, 2.45) is 0 Å². The predicted molar refractivity (Wildman–Crippen MR) is 77.8 cm³/mol. The monoisotopic (exact) mass is 294 g/mol. The van der Waals surface area contributed by atoms with Crippen LogP contribution in [0.3, 0.4) is 0 Å². The molecule has 98 valence electrons. The molecule has 5 heteroatoms. The van der Waals surface area contributed by atoms with Crippen LogP contribution in [0.1, 0.15) is 11.1 Å². The average molecular weight is 295 g/mol. The van der Waals surface area contributed by atoms with Gasteiger partial charge >= 0.3 is 0 Å². The normalized spacial score (nSPS) is 10.3. The molecule has 0 saturated carbocycles. The zero-order valence-corrected chi connectivity index (χ0v) is 11.8. The number of nitrogens with one attached hydrogen (secondary N) is 1. The summed E-state index contributed by atoms with van der Waals surface area (Å²) in [5.74, 6) is 0.406. The van der Waals surface area contributed by atoms with E-state index < -0.39 is 0 Å². The Morgan fingerprint density at radius 3 is 2.79 bits per heavy atom. The number of carbonyl (C=O) groups excluding carboxylic acids is 1. The molecule has 3 nitrogen and oxygen atoms in total. The van der Waals surface area contributed by atoms with Crippen molar-refractivity contribution >= 4 is 34.9 Å². The number of rotatable bonds is 3. The minimum Gasteiger partial charge on any atom is -0.310 e. The van der Waals surface area contributed by atoms with E-state index in [2.05, 4.69) is 10.3 Å². The molecule has 1 amide bonds. The first kappa shape index (κ1) is 13.8. The molecule has 2 aromatic rings. The van der Waals surface area contributed by atoms with Gasteiger partial charge in [-0.25, -0.2) is 4.98 Å². The summed E-state index contributed by atoms with van der Waals surface area (Å²) < 4.78 is 0. The van der Waals surface area contributed by atoms with Crippen LogP contribution in [-0.4, -0.2) is 10.9 Å². The van der Waals surface area contributed by atoms with Gasteiger partial charge in [0.2, 0.25) is 5.91 Å². The quantitative estimate of drug-likeness (QED) is 0.933. The Bertz CT molecular complexity index is 614. The number of hydrogen-bond donors (Lipinski definition) is 1. The summed E-state index contributed by atoms with van der Waals surface area (Å²) in [6.07, 6.45) is 1.82. The first-order valence-electron chi connectivity index (χ1n) is 5.71. The molecule has 0 aliphatic carbocycles. The van der Waals surface area contributed by atoms with E-state index in [1.165, 1.54) is 0 Å². The van der Waals surface area contributed by atoms with E-state index in [1.807, 2.05) is 19.1 Å². The molecule has 0 aliphatic rings. The molecule has 0 unspecified atom stereocenters. The second-order valence-corrected chi connectivity index (χ2v) is 4.97. The van der Waals surface area contributed by atoms with Gasteiger partial charge < -0.3 is 5.32 Å². The summed E-state index contributed by atoms with van der Waals surface area (Å²) >= 11 is 11.8. The van der Waals surface area contributed by atoms with Crippen molar-refractivity contribution in [3.63, 3.8) is 0 Å². The van der Waals surface area contributed by atoms with Gasteiger partial charge in [-0.3, -0.25) is 4.79 Å². The number of hydrogen-bond acceptors (Lipinski definition) is 2. The molecule has 1 aromatic carbocycles. The number of benzene rings is 1. The van der Waals surface area contributed by atoms with Gasteiger partial charge in [0.1, 0.15) is 5.82 Å². The minimum atomic E-state index is -0.161. The molecule has 2 rings (SSSR count). The van der Waals surface area contributed by atoms with Crippen LogP contribution in [0.2, 0.25) is 10.0 Å². The Balaban J connectivity index is 2.08. The Hall–Kier alpha value is -1.58. The van der Waals surface area contributed by atoms with Crippen molar-refractivity contribution in [1.82, 2.24) is 4.98 Å². The van der Waals surface area contributed by atoms with E-state index in [0.717, 1.165) is 11.1 Å². The average Bonchev–Trinajstić information content (AvgIpc) is 2.36. The molecule has 1 heterocycles. The van der Waals surface area contributed by atoms with Crippen molar-refractivity contribution < 1.29 is 4.79 Å². The van der Waals surface area contributed by atoms with Crippen LogP contribution >= 0.6 is 23.2 Å². The van der Waals surface area contributed by atoms with E-state index in [9.17, 15) is 4.79 Å². The summed E-state index contributed by atoms with van der Waals surface area (Å²) in [5.41, 5.74) is 1.65. The fraction of sp³-hybridized carbons (Fsp3) is 0.143. The molecule has 0 spiro atoms. The van der Waals surface area contributed by atoms with E-state index in [0.29, 0.717) is 15.9 Å². The molecule has 0 radical (unpaired) electrons. The van der Waals surface area contributed by atoms with Crippen molar-refractivity contribution in [2.45, 2.75) is 13.3 Å². The third kappa shape index (κ3) is 3.69. The van der Waals surface area contributed by atoms with Crippen LogP contribution in [0.15, 0.2) is 36.5 Å². The molecule has 0 saturated heterocycles. The second kappa shape index (κ2) is 6.04. The molecule has 1 N–H and O–H groups in total. The SMILES string of the molecule is Cc1cccnc1NC(=O)Cc1ccc(Cl)cc1Cl. The molecule has 0 atom stereocenters. The van der Waals surface area contributed by atoms with Crippen LogP contribution in [0.5, 0.6) is 0 Å². The lowest BCUT2D eigenvalue weighted by atomic mass is 10.1. The van der Waals surface area contributed by atoms with Crippen molar-refractivity contribution in [3.8, 4) is 0 Å². The molecular formula is C14H12Cl2N2O. The zero-order valence-electron chi connectivity index (χ0n) is 10.3. The maximum absolute atomic E-state index is 11.9. The van der Waals surface area contributed by atoms with Gasteiger partial charge in [-0.1, -0.05) is 35.3 Å². The highest BCUT2D eigenvalue weighted by atomic mass is 35.5. The molecule has 1 aromatic heterocycles. The van der Waals surface area contributed by atoms with Gasteiger partial charge in [0, 0.05) is 16.2 Å². The maximum atomic E-state index is 11.9. The lowest BCUT2D eigenvalue weighted by molar-refractivity contribution is -0.115. The van der Waals surface area contributed by atoms with E-state index >= 15 is 0 Å². The Kier molecular flexibility index (Phi) is 4.40. The van der Waals surface area contributed by atoms with Crippen LogP contribution in [0, 0.1) is 6.92 Å². The van der Waals surface area contributed by atoms with Gasteiger partial charge in [-0.15, -0.1) is 0 Å². The van der Waals surface area contributed by atoms with Gasteiger partial charge in [-0.2, -0.15) is 0 Å². The number of pyridine rings is 1. The van der Waals surface area contributed by atoms with E-state index in [-0.39, 0.29) is 12.3 Å². The van der Waals surface area contributed by atoms with E-state index in [4.69, 9.17) is 23.2 Å². The number of aromatic nitrogens is 1. The highest BCUT2D eigenvalue weighted by molar-refractivity contribution is 6.35. The second-order valence-electron chi connectivity index (χ2n) is 4.13. The summed E-state index contributed by atoms with van der Waals surface area (Å²) in [4.78, 5) is 16.0. The van der Waals surface area contributed by atoms with Crippen molar-refractivity contribution in [1.29, 1.82) is 0 Å². The highest BCUT2D eigenvalue weighted by Crippen LogP contribution is 2.21. The summed E-state index contributed by atoms with van der Waals surface area (Å²) in [6, 6.07) is 8.79. The number of anilines is 1. The topological polar surface area (TPSA) is 42.0 Å². The maximum Gasteiger partial charge on any atom is 0.230 e. The van der Waals surface area contributed by atoms with Crippen LogP contribution in [-0.2, 0) is 11.2 Å². The highest BCUT2D eigenvalue weighted by Gasteiger charge is 2.09. The fourth-order valence-corrected chi connectivity index (χ4v) is 2.11. The molecule has 0 bridgehead atoms. The number of aryl methyl sites for hydroxylation is 1. The zero-order chi connectivity index (χ0) is 13.8. The van der Waals surface area contributed by atoms with Gasteiger partial charge in [0.25, 0.3) is 0 Å². The molecular weight excluding hydrogens is 283 g/mol. The fourth-order valence-electron chi connectivity index (χ4n) is 1.63. The number of carbonyl (C=O) groups is 1. The van der Waals surface area contributed by atoms with Crippen LogP contribution in [0.4, 0.5) is 5.82 Å². The lowest BCUT2D eigenvalue weighted by Crippen LogP contribution is -2.16.